The second-order valence-corrected chi connectivity index (χ2v) is 4.89. The van der Waals surface area contributed by atoms with E-state index < -0.39 is 23.6 Å². The zero-order chi connectivity index (χ0) is 16.3. The van der Waals surface area contributed by atoms with Gasteiger partial charge in [0.1, 0.15) is 5.75 Å². The van der Waals surface area contributed by atoms with E-state index in [1.165, 1.54) is 36.4 Å². The van der Waals surface area contributed by atoms with E-state index in [1.54, 1.807) is 0 Å². The standard InChI is InChI=1S/C16H13F3O3/c17-16(18,19)12-5-1-3-10(7-12)8-14(15(21)22)11-4-2-6-13(20)9-11/h1-7,9,14,20H,8H2,(H,21,22). The van der Waals surface area contributed by atoms with Crippen LogP contribution in [0.4, 0.5) is 13.2 Å². The zero-order valence-corrected chi connectivity index (χ0v) is 11.3. The average molecular weight is 310 g/mol. The van der Waals surface area contributed by atoms with E-state index in [0.29, 0.717) is 5.56 Å². The molecule has 22 heavy (non-hydrogen) atoms. The quantitative estimate of drug-likeness (QED) is 0.902. The highest BCUT2D eigenvalue weighted by Crippen LogP contribution is 2.31. The lowest BCUT2D eigenvalue weighted by molar-refractivity contribution is -0.138. The minimum Gasteiger partial charge on any atom is -0.508 e. The van der Waals surface area contributed by atoms with Crippen molar-refractivity contribution in [1.29, 1.82) is 0 Å². The number of carbonyl (C=O) groups is 1. The molecule has 0 fully saturated rings. The van der Waals surface area contributed by atoms with Crippen LogP contribution in [0.2, 0.25) is 0 Å². The normalized spacial score (nSPS) is 12.9. The Hall–Kier alpha value is -2.50. The predicted octanol–water partition coefficient (Wildman–Crippen LogP) is 3.82. The van der Waals surface area contributed by atoms with E-state index in [2.05, 4.69) is 0 Å². The summed E-state index contributed by atoms with van der Waals surface area (Å²) < 4.78 is 38.1. The summed E-state index contributed by atoms with van der Waals surface area (Å²) in [4.78, 5) is 11.4. The fraction of sp³-hybridized carbons (Fsp3) is 0.188. The van der Waals surface area contributed by atoms with Crippen LogP contribution in [0.15, 0.2) is 48.5 Å². The first-order chi connectivity index (χ1) is 10.3. The largest absolute Gasteiger partial charge is 0.508 e. The van der Waals surface area contributed by atoms with E-state index in [4.69, 9.17) is 0 Å². The van der Waals surface area contributed by atoms with E-state index >= 15 is 0 Å². The number of carboxylic acids is 1. The van der Waals surface area contributed by atoms with Gasteiger partial charge in [-0.05, 0) is 35.7 Å². The van der Waals surface area contributed by atoms with E-state index in [-0.39, 0.29) is 17.7 Å². The number of phenolic OH excluding ortho intramolecular Hbond substituents is 1. The lowest BCUT2D eigenvalue weighted by Gasteiger charge is -2.14. The van der Waals surface area contributed by atoms with Gasteiger partial charge in [-0.1, -0.05) is 30.3 Å². The van der Waals surface area contributed by atoms with Crippen molar-refractivity contribution in [1.82, 2.24) is 0 Å². The minimum atomic E-state index is -4.47. The van der Waals surface area contributed by atoms with Gasteiger partial charge in [0, 0.05) is 0 Å². The van der Waals surface area contributed by atoms with Gasteiger partial charge in [-0.2, -0.15) is 13.2 Å². The lowest BCUT2D eigenvalue weighted by atomic mass is 9.91. The van der Waals surface area contributed by atoms with Crippen LogP contribution < -0.4 is 0 Å². The molecule has 2 aromatic carbocycles. The summed E-state index contributed by atoms with van der Waals surface area (Å²) in [5.74, 6) is -2.29. The van der Waals surface area contributed by atoms with Crippen LogP contribution in [-0.2, 0) is 17.4 Å². The number of rotatable bonds is 4. The zero-order valence-electron chi connectivity index (χ0n) is 11.3. The molecule has 0 aliphatic carbocycles. The molecule has 2 rings (SSSR count). The molecule has 6 heteroatoms. The minimum absolute atomic E-state index is 0.0900. The Morgan fingerprint density at radius 3 is 2.36 bits per heavy atom. The Labute approximate surface area is 124 Å². The van der Waals surface area contributed by atoms with Crippen molar-refractivity contribution in [3.05, 3.63) is 65.2 Å². The highest BCUT2D eigenvalue weighted by Gasteiger charge is 2.31. The van der Waals surface area contributed by atoms with Gasteiger partial charge in [0.05, 0.1) is 11.5 Å². The Kier molecular flexibility index (Phi) is 4.40. The summed E-state index contributed by atoms with van der Waals surface area (Å²) in [7, 11) is 0. The first-order valence-corrected chi connectivity index (χ1v) is 6.45. The second-order valence-electron chi connectivity index (χ2n) is 4.89. The van der Waals surface area contributed by atoms with Crippen molar-refractivity contribution in [3.63, 3.8) is 0 Å². The Balaban J connectivity index is 2.31. The smallest absolute Gasteiger partial charge is 0.416 e. The van der Waals surface area contributed by atoms with Crippen LogP contribution >= 0.6 is 0 Å². The molecule has 0 aromatic heterocycles. The fourth-order valence-corrected chi connectivity index (χ4v) is 2.20. The lowest BCUT2D eigenvalue weighted by Crippen LogP contribution is -2.15. The molecule has 0 amide bonds. The summed E-state index contributed by atoms with van der Waals surface area (Å²) in [5.41, 5.74) is -0.208. The van der Waals surface area contributed by atoms with E-state index in [9.17, 15) is 28.2 Å². The van der Waals surface area contributed by atoms with Crippen LogP contribution in [0.5, 0.6) is 5.75 Å². The van der Waals surface area contributed by atoms with Gasteiger partial charge < -0.3 is 10.2 Å². The topological polar surface area (TPSA) is 57.5 Å². The van der Waals surface area contributed by atoms with Gasteiger partial charge in [-0.15, -0.1) is 0 Å². The van der Waals surface area contributed by atoms with E-state index in [0.717, 1.165) is 12.1 Å². The van der Waals surface area contributed by atoms with Crippen molar-refractivity contribution in [2.24, 2.45) is 0 Å². The van der Waals surface area contributed by atoms with Crippen molar-refractivity contribution in [3.8, 4) is 5.75 Å². The molecule has 0 radical (unpaired) electrons. The van der Waals surface area contributed by atoms with Gasteiger partial charge in [0.2, 0.25) is 0 Å². The molecule has 2 N–H and O–H groups in total. The third kappa shape index (κ3) is 3.78. The molecule has 116 valence electrons. The van der Waals surface area contributed by atoms with Crippen molar-refractivity contribution in [2.45, 2.75) is 18.5 Å². The van der Waals surface area contributed by atoms with Crippen LogP contribution in [0.25, 0.3) is 0 Å². The highest BCUT2D eigenvalue weighted by atomic mass is 19.4. The third-order valence-corrected chi connectivity index (χ3v) is 3.26. The molecule has 3 nitrogen and oxygen atoms in total. The summed E-state index contributed by atoms with van der Waals surface area (Å²) >= 11 is 0. The maximum absolute atomic E-state index is 12.7. The Morgan fingerprint density at radius 2 is 1.77 bits per heavy atom. The van der Waals surface area contributed by atoms with Gasteiger partial charge in [-0.3, -0.25) is 4.79 Å². The van der Waals surface area contributed by atoms with Crippen LogP contribution in [0.1, 0.15) is 22.6 Å². The SMILES string of the molecule is O=C(O)C(Cc1cccc(C(F)(F)F)c1)c1cccc(O)c1. The second kappa shape index (κ2) is 6.09. The first kappa shape index (κ1) is 15.9. The molecule has 0 saturated carbocycles. The van der Waals surface area contributed by atoms with Crippen molar-refractivity contribution >= 4 is 5.97 Å². The highest BCUT2D eigenvalue weighted by molar-refractivity contribution is 5.76. The number of alkyl halides is 3. The fourth-order valence-electron chi connectivity index (χ4n) is 2.20. The number of aliphatic carboxylic acids is 1. The number of halogens is 3. The van der Waals surface area contributed by atoms with E-state index in [1.807, 2.05) is 0 Å². The Morgan fingerprint density at radius 1 is 1.09 bits per heavy atom. The van der Waals surface area contributed by atoms with Gasteiger partial charge in [-0.25, -0.2) is 0 Å². The van der Waals surface area contributed by atoms with Crippen LogP contribution in [0.3, 0.4) is 0 Å². The molecule has 0 bridgehead atoms. The molecular weight excluding hydrogens is 297 g/mol. The Bertz CT molecular complexity index is 680. The summed E-state index contributed by atoms with van der Waals surface area (Å²) in [6, 6.07) is 10.3. The molecule has 2 aromatic rings. The number of carboxylic acid groups (broad SMARTS) is 1. The van der Waals surface area contributed by atoms with Crippen LogP contribution in [0, 0.1) is 0 Å². The molecule has 0 spiro atoms. The predicted molar refractivity (Wildman–Crippen MR) is 73.6 cm³/mol. The summed E-state index contributed by atoms with van der Waals surface area (Å²) in [6.07, 6.45) is -4.57. The molecule has 1 atom stereocenters. The maximum Gasteiger partial charge on any atom is 0.416 e. The molecular formula is C16H13F3O3. The maximum atomic E-state index is 12.7. The molecule has 1 unspecified atom stereocenters. The number of hydrogen-bond donors (Lipinski definition) is 2. The number of aromatic hydroxyl groups is 1. The average Bonchev–Trinajstić information content (AvgIpc) is 2.44. The van der Waals surface area contributed by atoms with Crippen molar-refractivity contribution in [2.75, 3.05) is 0 Å². The van der Waals surface area contributed by atoms with Crippen molar-refractivity contribution < 1.29 is 28.2 Å². The van der Waals surface area contributed by atoms with Gasteiger partial charge in [0.25, 0.3) is 0 Å². The molecule has 0 aliphatic heterocycles. The van der Waals surface area contributed by atoms with Gasteiger partial charge >= 0.3 is 12.1 Å². The number of benzene rings is 2. The summed E-state index contributed by atoms with van der Waals surface area (Å²) in [5, 5.41) is 18.7. The molecule has 0 aliphatic rings. The molecule has 0 heterocycles. The third-order valence-electron chi connectivity index (χ3n) is 3.26. The monoisotopic (exact) mass is 310 g/mol. The number of hydrogen-bond acceptors (Lipinski definition) is 2. The van der Waals surface area contributed by atoms with Gasteiger partial charge in [0.15, 0.2) is 0 Å². The molecule has 0 saturated heterocycles. The van der Waals surface area contributed by atoms with Crippen LogP contribution in [-0.4, -0.2) is 16.2 Å². The summed E-state index contributed by atoms with van der Waals surface area (Å²) in [6.45, 7) is 0. The number of phenols is 1. The first-order valence-electron chi connectivity index (χ1n) is 6.45.